The number of methoxy groups -OCH3 is 3. The summed E-state index contributed by atoms with van der Waals surface area (Å²) >= 11 is 4.83. The minimum absolute atomic E-state index is 0.207. The molecule has 94 valence electrons. The third-order valence-electron chi connectivity index (χ3n) is 2.35. The second kappa shape index (κ2) is 5.09. The standard InChI is InChI=1S/C11H11N3O3S/c1-15-7-4-6(10-12-11(18)14-13-10)5-8(16-2)9(7)17-3/h4-5H,1-3H3. The molecule has 1 aliphatic heterocycles. The smallest absolute Gasteiger partial charge is 0.242 e. The van der Waals surface area contributed by atoms with E-state index in [0.717, 1.165) is 0 Å². The van der Waals surface area contributed by atoms with E-state index in [1.165, 1.54) is 0 Å². The van der Waals surface area contributed by atoms with Crippen molar-refractivity contribution in [2.45, 2.75) is 0 Å². The Bertz CT molecular complexity index is 529. The van der Waals surface area contributed by atoms with Gasteiger partial charge in [0.1, 0.15) is 0 Å². The maximum Gasteiger partial charge on any atom is 0.242 e. The lowest BCUT2D eigenvalue weighted by molar-refractivity contribution is 0.324. The molecule has 0 saturated carbocycles. The van der Waals surface area contributed by atoms with E-state index in [1.54, 1.807) is 33.5 Å². The molecule has 18 heavy (non-hydrogen) atoms. The molecule has 0 aromatic heterocycles. The fourth-order valence-corrected chi connectivity index (χ4v) is 1.69. The van der Waals surface area contributed by atoms with Crippen molar-refractivity contribution >= 4 is 23.2 Å². The van der Waals surface area contributed by atoms with Crippen LogP contribution in [0.15, 0.2) is 27.4 Å². The summed E-state index contributed by atoms with van der Waals surface area (Å²) in [4.78, 5) is 4.03. The first-order chi connectivity index (χ1) is 8.69. The van der Waals surface area contributed by atoms with Crippen LogP contribution in [0.4, 0.5) is 0 Å². The number of thiocarbonyl (C=S) groups is 1. The van der Waals surface area contributed by atoms with E-state index in [0.29, 0.717) is 28.6 Å². The molecule has 0 spiro atoms. The van der Waals surface area contributed by atoms with Crippen LogP contribution in [0.5, 0.6) is 17.2 Å². The van der Waals surface area contributed by atoms with Crippen LogP contribution in [0, 0.1) is 0 Å². The van der Waals surface area contributed by atoms with Gasteiger partial charge in [0, 0.05) is 5.56 Å². The van der Waals surface area contributed by atoms with Crippen LogP contribution >= 0.6 is 12.2 Å². The van der Waals surface area contributed by atoms with E-state index in [4.69, 9.17) is 26.4 Å². The van der Waals surface area contributed by atoms with E-state index in [1.807, 2.05) is 0 Å². The number of aliphatic imine (C=N–C) groups is 1. The van der Waals surface area contributed by atoms with Crippen molar-refractivity contribution in [3.8, 4) is 17.2 Å². The van der Waals surface area contributed by atoms with Gasteiger partial charge in [0.05, 0.1) is 21.3 Å². The summed E-state index contributed by atoms with van der Waals surface area (Å²) in [6.07, 6.45) is 0. The number of hydrogen-bond acceptors (Lipinski definition) is 5. The molecule has 1 aliphatic rings. The zero-order valence-electron chi connectivity index (χ0n) is 10.1. The summed E-state index contributed by atoms with van der Waals surface area (Å²) in [6.45, 7) is 0. The average Bonchev–Trinajstić information content (AvgIpc) is 2.83. The zero-order valence-corrected chi connectivity index (χ0v) is 10.9. The van der Waals surface area contributed by atoms with Crippen LogP contribution in [0.1, 0.15) is 5.56 Å². The van der Waals surface area contributed by atoms with Gasteiger partial charge in [-0.3, -0.25) is 0 Å². The maximum atomic E-state index is 5.24. The topological polar surface area (TPSA) is 64.8 Å². The van der Waals surface area contributed by atoms with Gasteiger partial charge >= 0.3 is 0 Å². The first-order valence-corrected chi connectivity index (χ1v) is 5.45. The van der Waals surface area contributed by atoms with Gasteiger partial charge in [0.2, 0.25) is 10.9 Å². The third-order valence-corrected chi connectivity index (χ3v) is 2.53. The monoisotopic (exact) mass is 265 g/mol. The highest BCUT2D eigenvalue weighted by molar-refractivity contribution is 7.80. The summed E-state index contributed by atoms with van der Waals surface area (Å²) in [5, 5.41) is 7.77. The molecule has 0 atom stereocenters. The minimum atomic E-state index is 0.207. The molecule has 0 bridgehead atoms. The van der Waals surface area contributed by atoms with Gasteiger partial charge in [-0.2, -0.15) is 4.99 Å². The normalized spacial score (nSPS) is 13.5. The number of azo groups is 1. The Kier molecular flexibility index (Phi) is 3.52. The Hall–Kier alpha value is -2.02. The molecule has 6 nitrogen and oxygen atoms in total. The average molecular weight is 265 g/mol. The summed E-state index contributed by atoms with van der Waals surface area (Å²) < 4.78 is 15.7. The molecule has 1 aromatic rings. The summed E-state index contributed by atoms with van der Waals surface area (Å²) in [5.74, 6) is 2.01. The van der Waals surface area contributed by atoms with Gasteiger partial charge < -0.3 is 14.2 Å². The van der Waals surface area contributed by atoms with E-state index in [9.17, 15) is 0 Å². The first-order valence-electron chi connectivity index (χ1n) is 5.04. The van der Waals surface area contributed by atoms with E-state index >= 15 is 0 Å². The van der Waals surface area contributed by atoms with Crippen molar-refractivity contribution in [3.63, 3.8) is 0 Å². The van der Waals surface area contributed by atoms with Crippen molar-refractivity contribution in [3.05, 3.63) is 17.7 Å². The molecule has 0 radical (unpaired) electrons. The molecule has 0 aliphatic carbocycles. The lowest BCUT2D eigenvalue weighted by Crippen LogP contribution is -2.00. The summed E-state index contributed by atoms with van der Waals surface area (Å²) in [7, 11) is 4.63. The van der Waals surface area contributed by atoms with Crippen LogP contribution < -0.4 is 14.2 Å². The number of nitrogens with zero attached hydrogens (tertiary/aromatic N) is 3. The lowest BCUT2D eigenvalue weighted by atomic mass is 10.1. The second-order valence-corrected chi connectivity index (χ2v) is 3.70. The highest BCUT2D eigenvalue weighted by atomic mass is 32.1. The number of amidine groups is 1. The number of benzene rings is 1. The van der Waals surface area contributed by atoms with Crippen molar-refractivity contribution in [1.82, 2.24) is 0 Å². The highest BCUT2D eigenvalue weighted by Crippen LogP contribution is 2.38. The molecule has 0 unspecified atom stereocenters. The van der Waals surface area contributed by atoms with Gasteiger partial charge in [-0.05, 0) is 24.4 Å². The molecule has 0 saturated heterocycles. The van der Waals surface area contributed by atoms with Crippen LogP contribution in [0.2, 0.25) is 0 Å². The van der Waals surface area contributed by atoms with Gasteiger partial charge in [0.25, 0.3) is 0 Å². The Morgan fingerprint density at radius 2 is 1.56 bits per heavy atom. The molecular weight excluding hydrogens is 254 g/mol. The molecule has 0 amide bonds. The van der Waals surface area contributed by atoms with Crippen LogP contribution in [0.25, 0.3) is 0 Å². The SMILES string of the molecule is COc1cc(C2=NC(=S)N=N2)cc(OC)c1OC. The van der Waals surface area contributed by atoms with Crippen molar-refractivity contribution < 1.29 is 14.2 Å². The summed E-state index contributed by atoms with van der Waals surface area (Å²) in [6, 6.07) is 3.49. The van der Waals surface area contributed by atoms with Crippen molar-refractivity contribution in [1.29, 1.82) is 0 Å². The van der Waals surface area contributed by atoms with Crippen molar-refractivity contribution in [2.24, 2.45) is 15.2 Å². The van der Waals surface area contributed by atoms with Gasteiger partial charge in [-0.15, -0.1) is 10.2 Å². The molecule has 0 N–H and O–H groups in total. The Balaban J connectivity index is 2.54. The lowest BCUT2D eigenvalue weighted by Gasteiger charge is -2.13. The molecule has 0 fully saturated rings. The quantitative estimate of drug-likeness (QED) is 0.783. The zero-order chi connectivity index (χ0) is 13.1. The predicted octanol–water partition coefficient (Wildman–Crippen LogP) is 2.21. The third kappa shape index (κ3) is 2.17. The number of rotatable bonds is 4. The molecule has 7 heteroatoms. The Morgan fingerprint density at radius 1 is 0.944 bits per heavy atom. The van der Waals surface area contributed by atoms with Crippen molar-refractivity contribution in [2.75, 3.05) is 21.3 Å². The van der Waals surface area contributed by atoms with Gasteiger partial charge in [-0.1, -0.05) is 0 Å². The van der Waals surface area contributed by atoms with E-state index < -0.39 is 0 Å². The first kappa shape index (κ1) is 12.4. The van der Waals surface area contributed by atoms with Gasteiger partial charge in [0.15, 0.2) is 17.3 Å². The van der Waals surface area contributed by atoms with Crippen LogP contribution in [0.3, 0.4) is 0 Å². The highest BCUT2D eigenvalue weighted by Gasteiger charge is 2.18. The number of ether oxygens (including phenoxy) is 3. The molecule has 2 rings (SSSR count). The fraction of sp³-hybridized carbons (Fsp3) is 0.273. The van der Waals surface area contributed by atoms with E-state index in [-0.39, 0.29) is 5.11 Å². The van der Waals surface area contributed by atoms with Crippen LogP contribution in [-0.2, 0) is 0 Å². The minimum Gasteiger partial charge on any atom is -0.493 e. The second-order valence-electron chi connectivity index (χ2n) is 3.33. The Labute approximate surface area is 109 Å². The molecule has 1 aromatic carbocycles. The van der Waals surface area contributed by atoms with E-state index in [2.05, 4.69) is 15.2 Å². The fourth-order valence-electron chi connectivity index (χ4n) is 1.56. The Morgan fingerprint density at radius 3 is 1.94 bits per heavy atom. The summed E-state index contributed by atoms with van der Waals surface area (Å²) in [5.41, 5.74) is 0.702. The van der Waals surface area contributed by atoms with Crippen LogP contribution in [-0.4, -0.2) is 32.3 Å². The maximum absolute atomic E-state index is 5.24. The largest absolute Gasteiger partial charge is 0.493 e. The van der Waals surface area contributed by atoms with Gasteiger partial charge in [-0.25, -0.2) is 0 Å². The number of hydrogen-bond donors (Lipinski definition) is 0. The predicted molar refractivity (Wildman–Crippen MR) is 70.1 cm³/mol. The molecule has 1 heterocycles. The molecular formula is C11H11N3O3S.